The van der Waals surface area contributed by atoms with E-state index >= 15 is 0 Å². The van der Waals surface area contributed by atoms with E-state index in [0.717, 1.165) is 5.69 Å². The van der Waals surface area contributed by atoms with Gasteiger partial charge in [0.2, 0.25) is 0 Å². The van der Waals surface area contributed by atoms with Crippen LogP contribution in [0.4, 0.5) is 5.69 Å². The van der Waals surface area contributed by atoms with Crippen LogP contribution in [0.1, 0.15) is 34.4 Å². The first-order chi connectivity index (χ1) is 9.86. The zero-order valence-corrected chi connectivity index (χ0v) is 13.2. The zero-order chi connectivity index (χ0) is 15.7. The first-order valence-corrected chi connectivity index (χ1v) is 6.92. The summed E-state index contributed by atoms with van der Waals surface area (Å²) >= 11 is 6.10. The van der Waals surface area contributed by atoms with Gasteiger partial charge in [0.15, 0.2) is 5.69 Å². The molecule has 0 radical (unpaired) electrons. The average Bonchev–Trinajstić information content (AvgIpc) is 2.86. The highest BCUT2D eigenvalue weighted by Gasteiger charge is 2.22. The molecule has 0 saturated carbocycles. The van der Waals surface area contributed by atoms with Crippen LogP contribution in [0.3, 0.4) is 0 Å². The van der Waals surface area contributed by atoms with E-state index in [1.807, 2.05) is 13.8 Å². The second-order valence-corrected chi connectivity index (χ2v) is 5.08. The van der Waals surface area contributed by atoms with Crippen LogP contribution in [0.15, 0.2) is 0 Å². The van der Waals surface area contributed by atoms with Crippen molar-refractivity contribution in [2.45, 2.75) is 33.9 Å². The van der Waals surface area contributed by atoms with E-state index < -0.39 is 5.97 Å². The molecule has 8 heteroatoms. The van der Waals surface area contributed by atoms with Gasteiger partial charge in [0, 0.05) is 19.2 Å². The van der Waals surface area contributed by atoms with Crippen molar-refractivity contribution in [2.75, 3.05) is 5.73 Å². The third-order valence-corrected chi connectivity index (χ3v) is 3.76. The van der Waals surface area contributed by atoms with Gasteiger partial charge < -0.3 is 10.5 Å². The molecule has 0 saturated heterocycles. The Labute approximate surface area is 127 Å². The maximum absolute atomic E-state index is 12.2. The van der Waals surface area contributed by atoms with Crippen LogP contribution < -0.4 is 5.73 Å². The first kappa shape index (κ1) is 15.4. The highest BCUT2D eigenvalue weighted by atomic mass is 35.5. The fourth-order valence-corrected chi connectivity index (χ4v) is 2.31. The number of carbonyl (C=O) groups is 1. The summed E-state index contributed by atoms with van der Waals surface area (Å²) in [6, 6.07) is 0. The van der Waals surface area contributed by atoms with Crippen LogP contribution >= 0.6 is 11.6 Å². The molecule has 7 nitrogen and oxygen atoms in total. The molecule has 0 aliphatic carbocycles. The van der Waals surface area contributed by atoms with E-state index in [4.69, 9.17) is 22.1 Å². The third-order valence-electron chi connectivity index (χ3n) is 3.28. The number of hydrogen-bond donors (Lipinski definition) is 1. The summed E-state index contributed by atoms with van der Waals surface area (Å²) in [7, 11) is 1.73. The molecule has 0 amide bonds. The maximum atomic E-state index is 12.2. The summed E-state index contributed by atoms with van der Waals surface area (Å²) < 4.78 is 8.38. The molecular formula is C13H18ClN5O2. The Bertz CT molecular complexity index is 689. The largest absolute Gasteiger partial charge is 0.456 e. The summed E-state index contributed by atoms with van der Waals surface area (Å²) in [5.41, 5.74) is 8.52. The van der Waals surface area contributed by atoms with Gasteiger partial charge >= 0.3 is 5.97 Å². The van der Waals surface area contributed by atoms with E-state index in [1.165, 1.54) is 9.36 Å². The number of hydrogen-bond acceptors (Lipinski definition) is 5. The Kier molecular flexibility index (Phi) is 4.22. The van der Waals surface area contributed by atoms with Gasteiger partial charge in [0.25, 0.3) is 0 Å². The molecule has 2 heterocycles. The summed E-state index contributed by atoms with van der Waals surface area (Å²) in [4.78, 5) is 12.2. The molecule has 0 aromatic carbocycles. The number of carbonyl (C=O) groups excluding carboxylic acids is 1. The van der Waals surface area contributed by atoms with Crippen molar-refractivity contribution in [3.63, 3.8) is 0 Å². The number of nitrogens with two attached hydrogens (primary N) is 1. The van der Waals surface area contributed by atoms with Gasteiger partial charge in [-0.25, -0.2) is 4.79 Å². The van der Waals surface area contributed by atoms with Crippen LogP contribution in [0.25, 0.3) is 0 Å². The van der Waals surface area contributed by atoms with Gasteiger partial charge in [-0.15, -0.1) is 0 Å². The Balaban J connectivity index is 2.19. The maximum Gasteiger partial charge on any atom is 0.359 e. The van der Waals surface area contributed by atoms with Crippen LogP contribution in [-0.2, 0) is 24.9 Å². The Morgan fingerprint density at radius 3 is 2.52 bits per heavy atom. The van der Waals surface area contributed by atoms with E-state index in [1.54, 1.807) is 14.0 Å². The summed E-state index contributed by atoms with van der Waals surface area (Å²) in [5.74, 6) is -0.519. The number of halogens is 1. The lowest BCUT2D eigenvalue weighted by atomic mass is 10.3. The minimum absolute atomic E-state index is 0.0464. The molecule has 0 unspecified atom stereocenters. The van der Waals surface area contributed by atoms with Crippen LogP contribution in [0.2, 0.25) is 5.15 Å². The third kappa shape index (κ3) is 2.73. The number of rotatable bonds is 4. The van der Waals surface area contributed by atoms with Crippen LogP contribution in [-0.4, -0.2) is 25.5 Å². The number of esters is 1. The second-order valence-electron chi connectivity index (χ2n) is 4.72. The van der Waals surface area contributed by atoms with Gasteiger partial charge in [-0.05, 0) is 20.8 Å². The van der Waals surface area contributed by atoms with Crippen molar-refractivity contribution in [1.29, 1.82) is 0 Å². The Morgan fingerprint density at radius 2 is 2.00 bits per heavy atom. The number of ether oxygens (including phenoxy) is 1. The predicted octanol–water partition coefficient (Wildman–Crippen LogP) is 1.85. The molecule has 2 aromatic heterocycles. The number of nitrogens with zero attached hydrogens (tertiary/aromatic N) is 4. The highest BCUT2D eigenvalue weighted by Crippen LogP contribution is 2.22. The van der Waals surface area contributed by atoms with Crippen molar-refractivity contribution in [2.24, 2.45) is 7.05 Å². The molecule has 0 atom stereocenters. The normalized spacial score (nSPS) is 10.9. The van der Waals surface area contributed by atoms with Gasteiger partial charge in [0.05, 0.1) is 17.1 Å². The van der Waals surface area contributed by atoms with E-state index in [-0.39, 0.29) is 12.3 Å². The van der Waals surface area contributed by atoms with Gasteiger partial charge in [-0.1, -0.05) is 11.6 Å². The summed E-state index contributed by atoms with van der Waals surface area (Å²) in [6.45, 7) is 6.02. The monoisotopic (exact) mass is 311 g/mol. The lowest BCUT2D eigenvalue weighted by Crippen LogP contribution is -2.14. The second kappa shape index (κ2) is 5.77. The van der Waals surface area contributed by atoms with Crippen molar-refractivity contribution in [3.8, 4) is 0 Å². The standard InChI is InChI=1S/C13H18ClN5O2/c1-5-19-11(10(15)8(3)17-19)13(20)21-6-9-7(2)16-18(4)12(9)14/h5-6,15H2,1-4H3. The number of anilines is 1. The van der Waals surface area contributed by atoms with E-state index in [9.17, 15) is 4.79 Å². The smallest absolute Gasteiger partial charge is 0.359 e. The fourth-order valence-electron chi connectivity index (χ4n) is 2.08. The van der Waals surface area contributed by atoms with Crippen molar-refractivity contribution < 1.29 is 9.53 Å². The topological polar surface area (TPSA) is 88.0 Å². The fraction of sp³-hybridized carbons (Fsp3) is 0.462. The lowest BCUT2D eigenvalue weighted by molar-refractivity contribution is 0.0459. The number of aryl methyl sites for hydroxylation is 4. The molecule has 0 fully saturated rings. The van der Waals surface area contributed by atoms with Crippen LogP contribution in [0.5, 0.6) is 0 Å². The molecular weight excluding hydrogens is 294 g/mol. The first-order valence-electron chi connectivity index (χ1n) is 6.54. The molecule has 0 spiro atoms. The van der Waals surface area contributed by atoms with E-state index in [0.29, 0.717) is 28.6 Å². The molecule has 21 heavy (non-hydrogen) atoms. The van der Waals surface area contributed by atoms with Gasteiger partial charge in [-0.2, -0.15) is 10.2 Å². The van der Waals surface area contributed by atoms with Gasteiger partial charge in [-0.3, -0.25) is 9.36 Å². The van der Waals surface area contributed by atoms with Crippen molar-refractivity contribution in [3.05, 3.63) is 27.8 Å². The zero-order valence-electron chi connectivity index (χ0n) is 12.5. The van der Waals surface area contributed by atoms with Crippen molar-refractivity contribution >= 4 is 23.3 Å². The molecule has 2 N–H and O–H groups in total. The predicted molar refractivity (Wildman–Crippen MR) is 79.1 cm³/mol. The Morgan fingerprint density at radius 1 is 1.33 bits per heavy atom. The quantitative estimate of drug-likeness (QED) is 0.870. The molecule has 0 bridgehead atoms. The van der Waals surface area contributed by atoms with Gasteiger partial charge in [0.1, 0.15) is 11.8 Å². The molecule has 0 aliphatic heterocycles. The summed E-state index contributed by atoms with van der Waals surface area (Å²) in [6.07, 6.45) is 0. The lowest BCUT2D eigenvalue weighted by Gasteiger charge is -2.07. The molecule has 0 aliphatic rings. The van der Waals surface area contributed by atoms with Crippen molar-refractivity contribution in [1.82, 2.24) is 19.6 Å². The number of nitrogen functional groups attached to an aromatic ring is 1. The van der Waals surface area contributed by atoms with Crippen LogP contribution in [0, 0.1) is 13.8 Å². The molecule has 2 aromatic rings. The van der Waals surface area contributed by atoms with E-state index in [2.05, 4.69) is 10.2 Å². The average molecular weight is 312 g/mol. The molecule has 114 valence electrons. The minimum atomic E-state index is -0.519. The minimum Gasteiger partial charge on any atom is -0.456 e. The summed E-state index contributed by atoms with van der Waals surface area (Å²) in [5, 5.41) is 8.81. The highest BCUT2D eigenvalue weighted by molar-refractivity contribution is 6.30. The molecule has 2 rings (SSSR count). The Hall–Kier alpha value is -2.02. The SMILES string of the molecule is CCn1nc(C)c(N)c1C(=O)OCc1c(C)nn(C)c1Cl. The number of aromatic nitrogens is 4.